The SMILES string of the molecule is CN(C(=O)Cc1cc([N+](=O)[O-])cc(C(F)(F)F)c1)[C@@H]1CCCC[C@H]1N1CCCC1. The Balaban J connectivity index is 1.77. The van der Waals surface area contributed by atoms with E-state index in [4.69, 9.17) is 0 Å². The highest BCUT2D eigenvalue weighted by Crippen LogP contribution is 2.33. The molecule has 1 aliphatic heterocycles. The van der Waals surface area contributed by atoms with Crippen LogP contribution in [-0.4, -0.2) is 52.9 Å². The lowest BCUT2D eigenvalue weighted by Crippen LogP contribution is -2.53. The zero-order chi connectivity index (χ0) is 21.2. The normalized spacial score (nSPS) is 23.2. The molecule has 2 aliphatic rings. The lowest BCUT2D eigenvalue weighted by atomic mass is 9.88. The molecule has 1 heterocycles. The number of nitro benzene ring substituents is 1. The highest BCUT2D eigenvalue weighted by Gasteiger charge is 2.36. The molecule has 1 aromatic carbocycles. The van der Waals surface area contributed by atoms with Gasteiger partial charge in [-0.1, -0.05) is 12.8 Å². The molecule has 1 saturated heterocycles. The van der Waals surface area contributed by atoms with Gasteiger partial charge in [0.1, 0.15) is 0 Å². The predicted molar refractivity (Wildman–Crippen MR) is 101 cm³/mol. The summed E-state index contributed by atoms with van der Waals surface area (Å²) in [5.41, 5.74) is -1.75. The number of benzene rings is 1. The molecule has 6 nitrogen and oxygen atoms in total. The van der Waals surface area contributed by atoms with E-state index in [1.807, 2.05) is 0 Å². The first kappa shape index (κ1) is 21.5. The summed E-state index contributed by atoms with van der Waals surface area (Å²) < 4.78 is 39.3. The Kier molecular flexibility index (Phi) is 6.45. The minimum Gasteiger partial charge on any atom is -0.341 e. The van der Waals surface area contributed by atoms with Crippen LogP contribution in [0.2, 0.25) is 0 Å². The summed E-state index contributed by atoms with van der Waals surface area (Å²) in [6.07, 6.45) is 1.30. The van der Waals surface area contributed by atoms with Crippen molar-refractivity contribution in [3.05, 3.63) is 39.4 Å². The average molecular weight is 413 g/mol. The molecular formula is C20H26F3N3O3. The first-order chi connectivity index (χ1) is 13.7. The maximum atomic E-state index is 13.1. The Labute approximate surface area is 167 Å². The molecule has 3 rings (SSSR count). The van der Waals surface area contributed by atoms with Gasteiger partial charge in [0.25, 0.3) is 5.69 Å². The highest BCUT2D eigenvalue weighted by molar-refractivity contribution is 5.79. The maximum absolute atomic E-state index is 13.1. The molecule has 2 fully saturated rings. The molecule has 29 heavy (non-hydrogen) atoms. The number of rotatable bonds is 5. The average Bonchev–Trinajstić information content (AvgIpc) is 3.21. The van der Waals surface area contributed by atoms with Crippen molar-refractivity contribution in [3.63, 3.8) is 0 Å². The zero-order valence-electron chi connectivity index (χ0n) is 16.5. The van der Waals surface area contributed by atoms with Gasteiger partial charge < -0.3 is 4.90 Å². The van der Waals surface area contributed by atoms with Gasteiger partial charge in [-0.3, -0.25) is 19.8 Å². The lowest BCUT2D eigenvalue weighted by molar-refractivity contribution is -0.385. The molecule has 9 heteroatoms. The number of non-ortho nitro benzene ring substituents is 1. The van der Waals surface area contributed by atoms with Crippen LogP contribution in [0.4, 0.5) is 18.9 Å². The molecule has 0 bridgehead atoms. The molecule has 2 atom stereocenters. The monoisotopic (exact) mass is 413 g/mol. The van der Waals surface area contributed by atoms with Crippen LogP contribution in [0, 0.1) is 10.1 Å². The van der Waals surface area contributed by atoms with Gasteiger partial charge in [-0.05, 0) is 50.4 Å². The van der Waals surface area contributed by atoms with Crippen LogP contribution in [0.5, 0.6) is 0 Å². The first-order valence-corrected chi connectivity index (χ1v) is 10.0. The van der Waals surface area contributed by atoms with Crippen LogP contribution < -0.4 is 0 Å². The number of hydrogen-bond donors (Lipinski definition) is 0. The van der Waals surface area contributed by atoms with E-state index in [9.17, 15) is 28.1 Å². The highest BCUT2D eigenvalue weighted by atomic mass is 19.4. The van der Waals surface area contributed by atoms with Gasteiger partial charge in [-0.25, -0.2) is 0 Å². The number of hydrogen-bond acceptors (Lipinski definition) is 4. The van der Waals surface area contributed by atoms with E-state index in [1.165, 1.54) is 0 Å². The largest absolute Gasteiger partial charge is 0.416 e. The first-order valence-electron chi connectivity index (χ1n) is 10.0. The van der Waals surface area contributed by atoms with E-state index in [1.54, 1.807) is 11.9 Å². The molecule has 0 unspecified atom stereocenters. The number of carbonyl (C=O) groups is 1. The van der Waals surface area contributed by atoms with Crippen molar-refractivity contribution in [2.45, 2.75) is 63.2 Å². The van der Waals surface area contributed by atoms with Crippen molar-refractivity contribution in [3.8, 4) is 0 Å². The molecule has 0 spiro atoms. The Morgan fingerprint density at radius 3 is 2.45 bits per heavy atom. The molecule has 1 saturated carbocycles. The van der Waals surface area contributed by atoms with Crippen LogP contribution in [0.3, 0.4) is 0 Å². The van der Waals surface area contributed by atoms with Gasteiger partial charge >= 0.3 is 6.18 Å². The molecule has 0 radical (unpaired) electrons. The van der Waals surface area contributed by atoms with Crippen molar-refractivity contribution >= 4 is 11.6 Å². The van der Waals surface area contributed by atoms with Gasteiger partial charge in [-0.2, -0.15) is 13.2 Å². The second kappa shape index (κ2) is 8.69. The second-order valence-corrected chi connectivity index (χ2v) is 7.99. The third-order valence-corrected chi connectivity index (χ3v) is 6.07. The number of alkyl halides is 3. The molecule has 1 aliphatic carbocycles. The van der Waals surface area contributed by atoms with Gasteiger partial charge in [-0.15, -0.1) is 0 Å². The van der Waals surface area contributed by atoms with Crippen LogP contribution in [0.15, 0.2) is 18.2 Å². The number of nitrogens with zero attached hydrogens (tertiary/aromatic N) is 3. The third-order valence-electron chi connectivity index (χ3n) is 6.07. The number of likely N-dealkylation sites (N-methyl/N-ethyl adjacent to an activating group) is 1. The summed E-state index contributed by atoms with van der Waals surface area (Å²) in [7, 11) is 1.70. The van der Waals surface area contributed by atoms with Crippen LogP contribution in [0.25, 0.3) is 0 Å². The van der Waals surface area contributed by atoms with Crippen LogP contribution >= 0.6 is 0 Å². The van der Waals surface area contributed by atoms with Gasteiger partial charge in [0.05, 0.1) is 16.9 Å². The summed E-state index contributed by atoms with van der Waals surface area (Å²) in [6, 6.07) is 2.69. The van der Waals surface area contributed by atoms with E-state index in [0.717, 1.165) is 63.7 Å². The number of likely N-dealkylation sites (tertiary alicyclic amines) is 1. The van der Waals surface area contributed by atoms with E-state index in [0.29, 0.717) is 6.07 Å². The minimum atomic E-state index is -4.71. The van der Waals surface area contributed by atoms with Crippen molar-refractivity contribution in [2.24, 2.45) is 0 Å². The lowest BCUT2D eigenvalue weighted by Gasteiger charge is -2.42. The zero-order valence-corrected chi connectivity index (χ0v) is 16.5. The summed E-state index contributed by atoms with van der Waals surface area (Å²) >= 11 is 0. The van der Waals surface area contributed by atoms with Crippen LogP contribution in [-0.2, 0) is 17.4 Å². The van der Waals surface area contributed by atoms with E-state index in [2.05, 4.69) is 4.90 Å². The second-order valence-electron chi connectivity index (χ2n) is 7.99. The van der Waals surface area contributed by atoms with Crippen molar-refractivity contribution in [2.75, 3.05) is 20.1 Å². The Morgan fingerprint density at radius 1 is 1.17 bits per heavy atom. The topological polar surface area (TPSA) is 66.7 Å². The summed E-state index contributed by atoms with van der Waals surface area (Å²) in [4.78, 5) is 27.1. The predicted octanol–water partition coefficient (Wildman–Crippen LogP) is 4.02. The fraction of sp³-hybridized carbons (Fsp3) is 0.650. The summed E-state index contributed by atoms with van der Waals surface area (Å²) in [6.45, 7) is 2.03. The Morgan fingerprint density at radius 2 is 1.83 bits per heavy atom. The molecule has 1 aromatic rings. The standard InChI is InChI=1S/C20H26F3N3O3/c1-24(17-6-2-3-7-18(17)25-8-4-5-9-25)19(27)12-14-10-15(20(21,22)23)13-16(11-14)26(28)29/h10-11,13,17-18H,2-9,12H2,1H3/t17-,18-/m1/s1. The number of halogens is 3. The Bertz CT molecular complexity index is 763. The van der Waals surface area contributed by atoms with E-state index < -0.39 is 22.4 Å². The minimum absolute atomic E-state index is 0.0110. The maximum Gasteiger partial charge on any atom is 0.416 e. The van der Waals surface area contributed by atoms with Crippen molar-refractivity contribution < 1.29 is 22.9 Å². The summed E-state index contributed by atoms with van der Waals surface area (Å²) in [5, 5.41) is 11.0. The number of amides is 1. The molecule has 1 amide bonds. The van der Waals surface area contributed by atoms with E-state index in [-0.39, 0.29) is 30.0 Å². The number of carbonyl (C=O) groups excluding carboxylic acids is 1. The van der Waals surface area contributed by atoms with Gasteiger partial charge in [0, 0.05) is 31.3 Å². The molecule has 160 valence electrons. The van der Waals surface area contributed by atoms with Gasteiger partial charge in [0.15, 0.2) is 0 Å². The molecule has 0 N–H and O–H groups in total. The fourth-order valence-electron chi connectivity index (χ4n) is 4.57. The quantitative estimate of drug-likeness (QED) is 0.540. The Hall–Kier alpha value is -2.16. The van der Waals surface area contributed by atoms with Crippen molar-refractivity contribution in [1.82, 2.24) is 9.80 Å². The summed E-state index contributed by atoms with van der Waals surface area (Å²) in [5.74, 6) is -0.310. The van der Waals surface area contributed by atoms with Crippen molar-refractivity contribution in [1.29, 1.82) is 0 Å². The van der Waals surface area contributed by atoms with Gasteiger partial charge in [0.2, 0.25) is 5.91 Å². The molecule has 0 aromatic heterocycles. The molecular weight excluding hydrogens is 387 g/mol. The fourth-order valence-corrected chi connectivity index (χ4v) is 4.57. The smallest absolute Gasteiger partial charge is 0.341 e. The number of nitro groups is 1. The van der Waals surface area contributed by atoms with E-state index >= 15 is 0 Å². The van der Waals surface area contributed by atoms with Crippen LogP contribution in [0.1, 0.15) is 49.7 Å². The third kappa shape index (κ3) is 5.07.